The van der Waals surface area contributed by atoms with Gasteiger partial charge in [-0.3, -0.25) is 4.90 Å². The zero-order chi connectivity index (χ0) is 17.1. The summed E-state index contributed by atoms with van der Waals surface area (Å²) >= 11 is 0. The second-order valence-corrected chi connectivity index (χ2v) is 5.94. The molecule has 2 heterocycles. The van der Waals surface area contributed by atoms with Crippen molar-refractivity contribution in [3.8, 4) is 6.07 Å². The number of carbonyl (C=O) groups excluding carboxylic acids is 1. The monoisotopic (exact) mass is 321 g/mol. The minimum atomic E-state index is -0.552. The summed E-state index contributed by atoms with van der Waals surface area (Å²) < 4.78 is 4.76. The van der Waals surface area contributed by atoms with E-state index in [0.717, 1.165) is 42.9 Å². The molecule has 0 spiro atoms. The SMILES string of the molecule is COC(=O)c1nc2c(c(C)c1C#N)CN(Cc1ccccc1)CC2. The van der Waals surface area contributed by atoms with Crippen LogP contribution in [0.25, 0.3) is 0 Å². The molecule has 0 fully saturated rings. The number of aromatic nitrogens is 1. The second-order valence-electron chi connectivity index (χ2n) is 5.94. The van der Waals surface area contributed by atoms with Crippen molar-refractivity contribution in [2.45, 2.75) is 26.4 Å². The fourth-order valence-corrected chi connectivity index (χ4v) is 3.14. The molecule has 0 atom stereocenters. The number of rotatable bonds is 3. The van der Waals surface area contributed by atoms with Gasteiger partial charge in [0.2, 0.25) is 0 Å². The summed E-state index contributed by atoms with van der Waals surface area (Å²) in [6, 6.07) is 12.4. The summed E-state index contributed by atoms with van der Waals surface area (Å²) in [4.78, 5) is 18.7. The average Bonchev–Trinajstić information content (AvgIpc) is 2.62. The van der Waals surface area contributed by atoms with Crippen molar-refractivity contribution in [3.05, 3.63) is 64.0 Å². The highest BCUT2D eigenvalue weighted by molar-refractivity contribution is 5.90. The van der Waals surface area contributed by atoms with Crippen molar-refractivity contribution in [1.82, 2.24) is 9.88 Å². The van der Waals surface area contributed by atoms with Gasteiger partial charge in [0.1, 0.15) is 6.07 Å². The largest absolute Gasteiger partial charge is 0.464 e. The molecule has 0 saturated heterocycles. The third-order valence-corrected chi connectivity index (χ3v) is 4.45. The van der Waals surface area contributed by atoms with Crippen molar-refractivity contribution >= 4 is 5.97 Å². The summed E-state index contributed by atoms with van der Waals surface area (Å²) in [7, 11) is 1.31. The Morgan fingerprint density at radius 3 is 2.79 bits per heavy atom. The zero-order valence-electron chi connectivity index (χ0n) is 13.9. The lowest BCUT2D eigenvalue weighted by Crippen LogP contribution is -2.32. The smallest absolute Gasteiger partial charge is 0.358 e. The van der Waals surface area contributed by atoms with Gasteiger partial charge in [0.05, 0.1) is 12.7 Å². The Hall–Kier alpha value is -2.71. The molecule has 1 aliphatic rings. The predicted molar refractivity (Wildman–Crippen MR) is 89.3 cm³/mol. The van der Waals surface area contributed by atoms with Crippen LogP contribution >= 0.6 is 0 Å². The summed E-state index contributed by atoms with van der Waals surface area (Å²) in [5.41, 5.74) is 4.51. The van der Waals surface area contributed by atoms with E-state index in [9.17, 15) is 10.1 Å². The standard InChI is InChI=1S/C19H19N3O2/c1-13-15(10-20)18(19(23)24-2)21-17-8-9-22(12-16(13)17)11-14-6-4-3-5-7-14/h3-7H,8-9,11-12H2,1-2H3. The van der Waals surface area contributed by atoms with Crippen LogP contribution in [0.1, 0.15) is 38.4 Å². The predicted octanol–water partition coefficient (Wildman–Crippen LogP) is 2.61. The molecule has 122 valence electrons. The number of esters is 1. The van der Waals surface area contributed by atoms with E-state index in [4.69, 9.17) is 4.74 Å². The Morgan fingerprint density at radius 1 is 1.38 bits per heavy atom. The van der Waals surface area contributed by atoms with Crippen molar-refractivity contribution in [2.24, 2.45) is 0 Å². The van der Waals surface area contributed by atoms with Crippen LogP contribution in [0.15, 0.2) is 30.3 Å². The molecule has 0 N–H and O–H groups in total. The minimum Gasteiger partial charge on any atom is -0.464 e. The van der Waals surface area contributed by atoms with Crippen LogP contribution in [0.2, 0.25) is 0 Å². The number of pyridine rings is 1. The van der Waals surface area contributed by atoms with Gasteiger partial charge in [0.15, 0.2) is 5.69 Å². The number of hydrogen-bond acceptors (Lipinski definition) is 5. The van der Waals surface area contributed by atoms with E-state index in [1.54, 1.807) is 0 Å². The number of ether oxygens (including phenoxy) is 1. The molecule has 3 rings (SSSR count). The molecule has 5 nitrogen and oxygen atoms in total. The van der Waals surface area contributed by atoms with E-state index in [1.807, 2.05) is 25.1 Å². The van der Waals surface area contributed by atoms with E-state index in [2.05, 4.69) is 28.1 Å². The fraction of sp³-hybridized carbons (Fsp3) is 0.316. The second kappa shape index (κ2) is 6.81. The normalized spacial score (nSPS) is 13.9. The maximum Gasteiger partial charge on any atom is 0.358 e. The molecule has 0 amide bonds. The molecule has 0 aliphatic carbocycles. The summed E-state index contributed by atoms with van der Waals surface area (Å²) in [5, 5.41) is 9.43. The fourth-order valence-electron chi connectivity index (χ4n) is 3.14. The molecule has 1 aromatic heterocycles. The number of benzene rings is 1. The molecule has 0 saturated carbocycles. The number of carbonyl (C=O) groups is 1. The number of nitrogens with zero attached hydrogens (tertiary/aromatic N) is 3. The molecule has 0 radical (unpaired) electrons. The molecule has 2 aromatic rings. The van der Waals surface area contributed by atoms with Crippen LogP contribution in [-0.4, -0.2) is 29.5 Å². The van der Waals surface area contributed by atoms with E-state index in [1.165, 1.54) is 12.7 Å². The first kappa shape index (κ1) is 16.2. The Morgan fingerprint density at radius 2 is 2.12 bits per heavy atom. The topological polar surface area (TPSA) is 66.2 Å². The quantitative estimate of drug-likeness (QED) is 0.813. The third-order valence-electron chi connectivity index (χ3n) is 4.45. The average molecular weight is 321 g/mol. The van der Waals surface area contributed by atoms with Crippen molar-refractivity contribution in [2.75, 3.05) is 13.7 Å². The van der Waals surface area contributed by atoms with Gasteiger partial charge in [-0.2, -0.15) is 5.26 Å². The minimum absolute atomic E-state index is 0.132. The Kier molecular flexibility index (Phi) is 4.59. The molecule has 0 unspecified atom stereocenters. The molecule has 0 bridgehead atoms. The maximum absolute atomic E-state index is 11.9. The lowest BCUT2D eigenvalue weighted by Gasteiger charge is -2.30. The molecular weight excluding hydrogens is 302 g/mol. The van der Waals surface area contributed by atoms with Gasteiger partial charge in [-0.1, -0.05) is 30.3 Å². The Labute approximate surface area is 141 Å². The van der Waals surface area contributed by atoms with Gasteiger partial charge in [0.25, 0.3) is 0 Å². The molecule has 1 aliphatic heterocycles. The van der Waals surface area contributed by atoms with Gasteiger partial charge in [0, 0.05) is 31.7 Å². The number of hydrogen-bond donors (Lipinski definition) is 0. The summed E-state index contributed by atoms with van der Waals surface area (Å²) in [6.07, 6.45) is 0.763. The van der Waals surface area contributed by atoms with E-state index >= 15 is 0 Å². The first-order chi connectivity index (χ1) is 11.6. The van der Waals surface area contributed by atoms with Gasteiger partial charge < -0.3 is 4.74 Å². The summed E-state index contributed by atoms with van der Waals surface area (Å²) in [5.74, 6) is -0.552. The number of fused-ring (bicyclic) bond motifs is 1. The van der Waals surface area contributed by atoms with Crippen LogP contribution in [0.5, 0.6) is 0 Å². The van der Waals surface area contributed by atoms with Gasteiger partial charge >= 0.3 is 5.97 Å². The van der Waals surface area contributed by atoms with Gasteiger partial charge in [-0.05, 0) is 23.6 Å². The van der Waals surface area contributed by atoms with Crippen LogP contribution in [0.3, 0.4) is 0 Å². The van der Waals surface area contributed by atoms with Gasteiger partial charge in [-0.15, -0.1) is 0 Å². The highest BCUT2D eigenvalue weighted by atomic mass is 16.5. The first-order valence-corrected chi connectivity index (χ1v) is 7.91. The first-order valence-electron chi connectivity index (χ1n) is 7.91. The molecule has 5 heteroatoms. The highest BCUT2D eigenvalue weighted by Crippen LogP contribution is 2.26. The Balaban J connectivity index is 1.92. The van der Waals surface area contributed by atoms with Crippen LogP contribution < -0.4 is 0 Å². The zero-order valence-corrected chi connectivity index (χ0v) is 13.9. The van der Waals surface area contributed by atoms with E-state index in [0.29, 0.717) is 5.56 Å². The highest BCUT2D eigenvalue weighted by Gasteiger charge is 2.26. The molecule has 24 heavy (non-hydrogen) atoms. The van der Waals surface area contributed by atoms with Crippen LogP contribution in [0.4, 0.5) is 0 Å². The van der Waals surface area contributed by atoms with Crippen molar-refractivity contribution in [3.63, 3.8) is 0 Å². The number of methoxy groups -OCH3 is 1. The third kappa shape index (κ3) is 3.01. The summed E-state index contributed by atoms with van der Waals surface area (Å²) in [6.45, 7) is 4.36. The molecule has 1 aromatic carbocycles. The number of nitriles is 1. The van der Waals surface area contributed by atoms with E-state index < -0.39 is 5.97 Å². The van der Waals surface area contributed by atoms with Crippen LogP contribution in [0, 0.1) is 18.3 Å². The molecular formula is C19H19N3O2. The van der Waals surface area contributed by atoms with Crippen molar-refractivity contribution < 1.29 is 9.53 Å². The van der Waals surface area contributed by atoms with Gasteiger partial charge in [-0.25, -0.2) is 9.78 Å². The lowest BCUT2D eigenvalue weighted by molar-refractivity contribution is 0.0593. The van der Waals surface area contributed by atoms with Crippen molar-refractivity contribution in [1.29, 1.82) is 5.26 Å². The van der Waals surface area contributed by atoms with Crippen LogP contribution in [-0.2, 0) is 24.2 Å². The van der Waals surface area contributed by atoms with E-state index in [-0.39, 0.29) is 5.69 Å². The Bertz CT molecular complexity index is 810. The maximum atomic E-state index is 11.9. The lowest BCUT2D eigenvalue weighted by atomic mass is 9.95.